The van der Waals surface area contributed by atoms with E-state index in [4.69, 9.17) is 16.3 Å². The fraction of sp³-hybridized carbons (Fsp3) is 0.350. The summed E-state index contributed by atoms with van der Waals surface area (Å²) >= 11 is 5.82. The van der Waals surface area contributed by atoms with Crippen molar-refractivity contribution in [1.82, 2.24) is 5.32 Å². The number of hydrogen-bond donors (Lipinski definition) is 2. The zero-order valence-corrected chi connectivity index (χ0v) is 16.3. The Bertz CT molecular complexity index is 715. The molecular formula is C20H26ClN3O2. The van der Waals surface area contributed by atoms with Gasteiger partial charge in [-0.3, -0.25) is 0 Å². The highest BCUT2D eigenvalue weighted by atomic mass is 35.5. The summed E-state index contributed by atoms with van der Waals surface area (Å²) in [6.45, 7) is 8.95. The fourth-order valence-electron chi connectivity index (χ4n) is 2.60. The average molecular weight is 376 g/mol. The second-order valence-electron chi connectivity index (χ2n) is 5.85. The number of ether oxygens (including phenoxy) is 1. The minimum absolute atomic E-state index is 0.247. The zero-order chi connectivity index (χ0) is 18.9. The van der Waals surface area contributed by atoms with Gasteiger partial charge in [-0.2, -0.15) is 0 Å². The Morgan fingerprint density at radius 1 is 1.12 bits per heavy atom. The molecule has 0 spiro atoms. The first-order valence-electron chi connectivity index (χ1n) is 8.82. The van der Waals surface area contributed by atoms with Crippen molar-refractivity contribution in [1.29, 1.82) is 0 Å². The number of nitrogens with one attached hydrogen (secondary N) is 2. The molecule has 0 aliphatic carbocycles. The molecule has 0 fully saturated rings. The van der Waals surface area contributed by atoms with Crippen LogP contribution in [0.2, 0.25) is 5.02 Å². The van der Waals surface area contributed by atoms with Gasteiger partial charge in [-0.25, -0.2) is 4.79 Å². The maximum atomic E-state index is 12.0. The quantitative estimate of drug-likeness (QED) is 0.658. The van der Waals surface area contributed by atoms with Crippen LogP contribution < -0.4 is 20.3 Å². The molecule has 6 heteroatoms. The standard InChI is InChI=1S/C20H26ClN3O2/c1-4-24(5-2)17-8-11-19(15(3)14-17)23-20(25)22-12-13-26-18-9-6-16(21)7-10-18/h6-11,14H,4-5,12-13H2,1-3H3,(H2,22,23,25). The SMILES string of the molecule is CCN(CC)c1ccc(NC(=O)NCCOc2ccc(Cl)cc2)c(C)c1. The first kappa shape index (κ1) is 19.9. The van der Waals surface area contributed by atoms with Gasteiger partial charge in [0.05, 0.1) is 6.54 Å². The third-order valence-corrected chi connectivity index (χ3v) is 4.31. The topological polar surface area (TPSA) is 53.6 Å². The Balaban J connectivity index is 1.79. The number of halogens is 1. The van der Waals surface area contributed by atoms with Crippen LogP contribution in [0.15, 0.2) is 42.5 Å². The van der Waals surface area contributed by atoms with E-state index in [0.717, 1.165) is 35.8 Å². The number of carbonyl (C=O) groups excluding carboxylic acids is 1. The van der Waals surface area contributed by atoms with Crippen LogP contribution in [0.5, 0.6) is 5.75 Å². The Hall–Kier alpha value is -2.40. The highest BCUT2D eigenvalue weighted by molar-refractivity contribution is 6.30. The number of rotatable bonds is 8. The third kappa shape index (κ3) is 5.85. The van der Waals surface area contributed by atoms with Crippen molar-refractivity contribution in [2.24, 2.45) is 0 Å². The molecule has 2 aromatic rings. The van der Waals surface area contributed by atoms with Crippen molar-refractivity contribution in [3.63, 3.8) is 0 Å². The van der Waals surface area contributed by atoms with Gasteiger partial charge < -0.3 is 20.3 Å². The predicted molar refractivity (Wildman–Crippen MR) is 109 cm³/mol. The van der Waals surface area contributed by atoms with Gasteiger partial charge in [0.1, 0.15) is 12.4 Å². The summed E-state index contributed by atoms with van der Waals surface area (Å²) in [5, 5.41) is 6.33. The van der Waals surface area contributed by atoms with E-state index in [0.29, 0.717) is 18.2 Å². The van der Waals surface area contributed by atoms with E-state index in [9.17, 15) is 4.79 Å². The van der Waals surface area contributed by atoms with Crippen molar-refractivity contribution in [3.8, 4) is 5.75 Å². The van der Waals surface area contributed by atoms with Crippen molar-refractivity contribution in [2.45, 2.75) is 20.8 Å². The molecule has 0 saturated carbocycles. The smallest absolute Gasteiger partial charge is 0.319 e. The number of carbonyl (C=O) groups is 1. The number of hydrogen-bond acceptors (Lipinski definition) is 3. The Morgan fingerprint density at radius 2 is 1.81 bits per heavy atom. The van der Waals surface area contributed by atoms with Gasteiger partial charge in [0.25, 0.3) is 0 Å². The molecule has 0 aliphatic heterocycles. The van der Waals surface area contributed by atoms with Crippen molar-refractivity contribution in [3.05, 3.63) is 53.1 Å². The van der Waals surface area contributed by atoms with E-state index < -0.39 is 0 Å². The molecule has 2 aromatic carbocycles. The minimum atomic E-state index is -0.247. The van der Waals surface area contributed by atoms with Crippen LogP contribution in [0.3, 0.4) is 0 Å². The molecule has 2 amide bonds. The summed E-state index contributed by atoms with van der Waals surface area (Å²) in [7, 11) is 0. The van der Waals surface area contributed by atoms with E-state index >= 15 is 0 Å². The van der Waals surface area contributed by atoms with E-state index in [1.165, 1.54) is 0 Å². The average Bonchev–Trinajstić information content (AvgIpc) is 2.63. The lowest BCUT2D eigenvalue weighted by Crippen LogP contribution is -2.32. The van der Waals surface area contributed by atoms with Gasteiger partial charge in [-0.05, 0) is 68.8 Å². The Kier molecular flexibility index (Phi) is 7.60. The molecule has 2 N–H and O–H groups in total. The monoisotopic (exact) mass is 375 g/mol. The lowest BCUT2D eigenvalue weighted by Gasteiger charge is -2.22. The highest BCUT2D eigenvalue weighted by Crippen LogP contribution is 2.22. The molecule has 0 aromatic heterocycles. The van der Waals surface area contributed by atoms with Gasteiger partial charge in [-0.15, -0.1) is 0 Å². The largest absolute Gasteiger partial charge is 0.492 e. The van der Waals surface area contributed by atoms with Gasteiger partial charge >= 0.3 is 6.03 Å². The van der Waals surface area contributed by atoms with Gasteiger partial charge in [0.15, 0.2) is 0 Å². The normalized spacial score (nSPS) is 10.3. The first-order chi connectivity index (χ1) is 12.5. The second-order valence-corrected chi connectivity index (χ2v) is 6.29. The van der Waals surface area contributed by atoms with Crippen LogP contribution in [0.1, 0.15) is 19.4 Å². The Morgan fingerprint density at radius 3 is 2.42 bits per heavy atom. The Labute approximate surface area is 160 Å². The van der Waals surface area contributed by atoms with Crippen LogP contribution in [0.4, 0.5) is 16.2 Å². The summed E-state index contributed by atoms with van der Waals surface area (Å²) in [5.41, 5.74) is 2.99. The third-order valence-electron chi connectivity index (χ3n) is 4.06. The highest BCUT2D eigenvalue weighted by Gasteiger charge is 2.07. The fourth-order valence-corrected chi connectivity index (χ4v) is 2.73. The van der Waals surface area contributed by atoms with Gasteiger partial charge in [-0.1, -0.05) is 11.6 Å². The maximum absolute atomic E-state index is 12.0. The summed E-state index contributed by atoms with van der Waals surface area (Å²) in [6.07, 6.45) is 0. The molecule has 0 heterocycles. The molecule has 0 saturated heterocycles. The lowest BCUT2D eigenvalue weighted by atomic mass is 10.1. The van der Waals surface area contributed by atoms with E-state index in [1.54, 1.807) is 24.3 Å². The van der Waals surface area contributed by atoms with Crippen LogP contribution in [-0.2, 0) is 0 Å². The summed E-state index contributed by atoms with van der Waals surface area (Å²) in [4.78, 5) is 14.3. The summed E-state index contributed by atoms with van der Waals surface area (Å²) in [5.74, 6) is 0.722. The molecular weight excluding hydrogens is 350 g/mol. The van der Waals surface area contributed by atoms with E-state index in [2.05, 4.69) is 35.4 Å². The van der Waals surface area contributed by atoms with Crippen molar-refractivity contribution >= 4 is 29.0 Å². The van der Waals surface area contributed by atoms with Gasteiger partial charge in [0, 0.05) is 29.5 Å². The van der Waals surface area contributed by atoms with E-state index in [1.807, 2.05) is 19.1 Å². The number of anilines is 2. The minimum Gasteiger partial charge on any atom is -0.492 e. The van der Waals surface area contributed by atoms with E-state index in [-0.39, 0.29) is 6.03 Å². The first-order valence-corrected chi connectivity index (χ1v) is 9.20. The molecule has 2 rings (SSSR count). The zero-order valence-electron chi connectivity index (χ0n) is 15.5. The number of amides is 2. The van der Waals surface area contributed by atoms with Crippen molar-refractivity contribution in [2.75, 3.05) is 36.5 Å². The molecule has 0 radical (unpaired) electrons. The summed E-state index contributed by atoms with van der Waals surface area (Å²) in [6, 6.07) is 12.9. The molecule has 5 nitrogen and oxygen atoms in total. The van der Waals surface area contributed by atoms with Gasteiger partial charge in [0.2, 0.25) is 0 Å². The molecule has 26 heavy (non-hydrogen) atoms. The van der Waals surface area contributed by atoms with Crippen molar-refractivity contribution < 1.29 is 9.53 Å². The molecule has 140 valence electrons. The summed E-state index contributed by atoms with van der Waals surface area (Å²) < 4.78 is 5.55. The second kappa shape index (κ2) is 9.92. The van der Waals surface area contributed by atoms with Crippen LogP contribution >= 0.6 is 11.6 Å². The van der Waals surface area contributed by atoms with Crippen LogP contribution in [0, 0.1) is 6.92 Å². The molecule has 0 unspecified atom stereocenters. The number of urea groups is 1. The van der Waals surface area contributed by atoms with Crippen LogP contribution in [-0.4, -0.2) is 32.3 Å². The predicted octanol–water partition coefficient (Wildman–Crippen LogP) is 4.70. The van der Waals surface area contributed by atoms with Crippen LogP contribution in [0.25, 0.3) is 0 Å². The maximum Gasteiger partial charge on any atom is 0.319 e. The molecule has 0 bridgehead atoms. The molecule has 0 aliphatic rings. The number of aryl methyl sites for hydroxylation is 1. The lowest BCUT2D eigenvalue weighted by molar-refractivity contribution is 0.247. The number of benzene rings is 2. The molecule has 0 atom stereocenters. The number of nitrogens with zero attached hydrogens (tertiary/aromatic N) is 1.